The minimum absolute atomic E-state index is 0.00298. The first-order valence-electron chi connectivity index (χ1n) is 5.12. The number of nitrogens with zero attached hydrogens (tertiary/aromatic N) is 1. The third-order valence-electron chi connectivity index (χ3n) is 2.80. The lowest BCUT2D eigenvalue weighted by Gasteiger charge is -2.35. The Morgan fingerprint density at radius 2 is 1.87 bits per heavy atom. The average molecular weight is 218 g/mol. The molecule has 1 saturated heterocycles. The second-order valence-electron chi connectivity index (χ2n) is 3.78. The normalized spacial score (nSPS) is 19.4. The second kappa shape index (κ2) is 5.89. The van der Waals surface area contributed by atoms with Gasteiger partial charge in [-0.05, 0) is 12.8 Å². The molecule has 6 heteroatoms. The first-order chi connectivity index (χ1) is 7.17. The quantitative estimate of drug-likeness (QED) is 0.489. The Kier molecular flexibility index (Phi) is 4.80. The van der Waals surface area contributed by atoms with Gasteiger partial charge in [-0.3, -0.25) is 4.90 Å². The number of carbonyl (C=O) groups is 1. The van der Waals surface area contributed by atoms with Crippen molar-refractivity contribution in [2.24, 2.45) is 0 Å². The van der Waals surface area contributed by atoms with Crippen LogP contribution in [0.4, 0.5) is 4.79 Å². The molecule has 0 spiro atoms. The van der Waals surface area contributed by atoms with Gasteiger partial charge < -0.3 is 20.6 Å². The standard InChI is InChI=1S/C9H18N2O4/c12-5-8(6-13)11-3-1-7(2-4-11)10-9(14)15/h7-8,10,12-13H,1-6H2,(H,14,15). The van der Waals surface area contributed by atoms with Crippen molar-refractivity contribution < 1.29 is 20.1 Å². The molecule has 1 heterocycles. The Labute approximate surface area is 88.5 Å². The van der Waals surface area contributed by atoms with Crippen LogP contribution in [0, 0.1) is 0 Å². The van der Waals surface area contributed by atoms with E-state index in [4.69, 9.17) is 15.3 Å². The van der Waals surface area contributed by atoms with Crippen molar-refractivity contribution in [1.82, 2.24) is 10.2 Å². The zero-order valence-corrected chi connectivity index (χ0v) is 8.59. The number of aliphatic hydroxyl groups is 2. The van der Waals surface area contributed by atoms with Gasteiger partial charge in [0.1, 0.15) is 0 Å². The summed E-state index contributed by atoms with van der Waals surface area (Å²) in [5.74, 6) is 0. The van der Waals surface area contributed by atoms with Crippen LogP contribution in [0.25, 0.3) is 0 Å². The first kappa shape index (κ1) is 12.2. The van der Waals surface area contributed by atoms with Crippen LogP contribution in [-0.4, -0.2) is 64.7 Å². The minimum atomic E-state index is -0.991. The van der Waals surface area contributed by atoms with Crippen LogP contribution in [0.2, 0.25) is 0 Å². The summed E-state index contributed by atoms with van der Waals surface area (Å²) in [5.41, 5.74) is 0. The van der Waals surface area contributed by atoms with E-state index in [0.717, 1.165) is 12.8 Å². The van der Waals surface area contributed by atoms with E-state index in [2.05, 4.69) is 5.32 Å². The summed E-state index contributed by atoms with van der Waals surface area (Å²) in [6.07, 6.45) is 0.459. The Hall–Kier alpha value is -0.850. The molecule has 4 N–H and O–H groups in total. The third-order valence-corrected chi connectivity index (χ3v) is 2.80. The lowest BCUT2D eigenvalue weighted by molar-refractivity contribution is 0.0542. The largest absolute Gasteiger partial charge is 0.465 e. The fraction of sp³-hybridized carbons (Fsp3) is 0.889. The predicted molar refractivity (Wildman–Crippen MR) is 53.7 cm³/mol. The Balaban J connectivity index is 2.31. The summed E-state index contributed by atoms with van der Waals surface area (Å²) >= 11 is 0. The topological polar surface area (TPSA) is 93.0 Å². The van der Waals surface area contributed by atoms with Crippen LogP contribution in [0.15, 0.2) is 0 Å². The summed E-state index contributed by atoms with van der Waals surface area (Å²) in [4.78, 5) is 12.4. The molecular formula is C9H18N2O4. The molecule has 0 radical (unpaired) electrons. The summed E-state index contributed by atoms with van der Waals surface area (Å²) in [5, 5.41) is 28.9. The van der Waals surface area contributed by atoms with Crippen molar-refractivity contribution >= 4 is 6.09 Å². The Bertz CT molecular complexity index is 200. The smallest absolute Gasteiger partial charge is 0.404 e. The highest BCUT2D eigenvalue weighted by atomic mass is 16.4. The molecule has 6 nitrogen and oxygen atoms in total. The summed E-state index contributed by atoms with van der Waals surface area (Å²) in [6, 6.07) is -0.215. The van der Waals surface area contributed by atoms with E-state index in [1.165, 1.54) is 0 Å². The molecule has 0 atom stereocenters. The van der Waals surface area contributed by atoms with E-state index >= 15 is 0 Å². The van der Waals surface area contributed by atoms with Gasteiger partial charge in [0.25, 0.3) is 0 Å². The van der Waals surface area contributed by atoms with E-state index in [9.17, 15) is 4.79 Å². The van der Waals surface area contributed by atoms with E-state index in [-0.39, 0.29) is 25.3 Å². The van der Waals surface area contributed by atoms with Gasteiger partial charge in [0, 0.05) is 19.1 Å². The molecule has 0 saturated carbocycles. The van der Waals surface area contributed by atoms with Crippen LogP contribution >= 0.6 is 0 Å². The molecule has 0 aliphatic carbocycles. The number of nitrogens with one attached hydrogen (secondary N) is 1. The highest BCUT2D eigenvalue weighted by Gasteiger charge is 2.24. The van der Waals surface area contributed by atoms with Gasteiger partial charge >= 0.3 is 6.09 Å². The van der Waals surface area contributed by atoms with Crippen molar-refractivity contribution in [3.63, 3.8) is 0 Å². The number of aliphatic hydroxyl groups excluding tert-OH is 2. The highest BCUT2D eigenvalue weighted by molar-refractivity contribution is 5.64. The number of rotatable bonds is 4. The van der Waals surface area contributed by atoms with Crippen molar-refractivity contribution in [2.75, 3.05) is 26.3 Å². The molecule has 15 heavy (non-hydrogen) atoms. The average Bonchev–Trinajstić information content (AvgIpc) is 2.21. The molecule has 88 valence electrons. The van der Waals surface area contributed by atoms with Gasteiger partial charge in [-0.15, -0.1) is 0 Å². The molecule has 0 unspecified atom stereocenters. The van der Waals surface area contributed by atoms with Gasteiger partial charge in [-0.25, -0.2) is 4.79 Å². The van der Waals surface area contributed by atoms with Crippen molar-refractivity contribution in [3.05, 3.63) is 0 Å². The van der Waals surface area contributed by atoms with Gasteiger partial charge in [0.2, 0.25) is 0 Å². The molecule has 1 amide bonds. The monoisotopic (exact) mass is 218 g/mol. The zero-order chi connectivity index (χ0) is 11.3. The molecule has 0 aromatic heterocycles. The van der Waals surface area contributed by atoms with Gasteiger partial charge in [-0.2, -0.15) is 0 Å². The van der Waals surface area contributed by atoms with Crippen LogP contribution in [0.1, 0.15) is 12.8 Å². The van der Waals surface area contributed by atoms with Crippen molar-refractivity contribution in [1.29, 1.82) is 0 Å². The first-order valence-corrected chi connectivity index (χ1v) is 5.12. The van der Waals surface area contributed by atoms with E-state index < -0.39 is 6.09 Å². The lowest BCUT2D eigenvalue weighted by Crippen LogP contribution is -2.49. The molecule has 1 aliphatic rings. The zero-order valence-electron chi connectivity index (χ0n) is 8.59. The molecular weight excluding hydrogens is 200 g/mol. The Morgan fingerprint density at radius 3 is 2.27 bits per heavy atom. The number of hydrogen-bond acceptors (Lipinski definition) is 4. The maximum Gasteiger partial charge on any atom is 0.404 e. The van der Waals surface area contributed by atoms with Crippen LogP contribution in [0.5, 0.6) is 0 Å². The van der Waals surface area contributed by atoms with E-state index in [0.29, 0.717) is 13.1 Å². The van der Waals surface area contributed by atoms with Gasteiger partial charge in [0.05, 0.1) is 19.3 Å². The molecule has 0 aromatic carbocycles. The fourth-order valence-corrected chi connectivity index (χ4v) is 1.87. The Morgan fingerprint density at radius 1 is 1.33 bits per heavy atom. The molecule has 0 aromatic rings. The molecule has 1 rings (SSSR count). The third kappa shape index (κ3) is 3.65. The summed E-state index contributed by atoms with van der Waals surface area (Å²) in [6.45, 7) is 1.29. The SMILES string of the molecule is O=C(O)NC1CCN(C(CO)CO)CC1. The molecule has 1 fully saturated rings. The highest BCUT2D eigenvalue weighted by Crippen LogP contribution is 2.12. The fourth-order valence-electron chi connectivity index (χ4n) is 1.87. The second-order valence-corrected chi connectivity index (χ2v) is 3.78. The van der Waals surface area contributed by atoms with Crippen LogP contribution < -0.4 is 5.32 Å². The predicted octanol–water partition coefficient (Wildman–Crippen LogP) is -0.928. The number of amides is 1. The van der Waals surface area contributed by atoms with Crippen LogP contribution in [0.3, 0.4) is 0 Å². The molecule has 0 bridgehead atoms. The van der Waals surface area contributed by atoms with Crippen molar-refractivity contribution in [3.8, 4) is 0 Å². The summed E-state index contributed by atoms with van der Waals surface area (Å²) < 4.78 is 0. The number of carboxylic acid groups (broad SMARTS) is 1. The maximum atomic E-state index is 10.4. The van der Waals surface area contributed by atoms with Crippen molar-refractivity contribution in [2.45, 2.75) is 24.9 Å². The maximum absolute atomic E-state index is 10.4. The minimum Gasteiger partial charge on any atom is -0.465 e. The number of piperidine rings is 1. The molecule has 1 aliphatic heterocycles. The van der Waals surface area contributed by atoms with Gasteiger partial charge in [-0.1, -0.05) is 0 Å². The number of hydrogen-bond donors (Lipinski definition) is 4. The van der Waals surface area contributed by atoms with E-state index in [1.54, 1.807) is 0 Å². The summed E-state index contributed by atoms with van der Waals surface area (Å²) in [7, 11) is 0. The van der Waals surface area contributed by atoms with Crippen LogP contribution in [-0.2, 0) is 0 Å². The van der Waals surface area contributed by atoms with E-state index in [1.807, 2.05) is 4.90 Å². The number of likely N-dealkylation sites (tertiary alicyclic amines) is 1. The van der Waals surface area contributed by atoms with Gasteiger partial charge in [0.15, 0.2) is 0 Å². The lowest BCUT2D eigenvalue weighted by atomic mass is 10.0.